The third kappa shape index (κ3) is 7.76. The Balaban J connectivity index is 2.52. The van der Waals surface area contributed by atoms with Crippen molar-refractivity contribution in [2.24, 2.45) is 5.92 Å². The summed E-state index contributed by atoms with van der Waals surface area (Å²) in [5.41, 5.74) is 1.24. The molecule has 24 heavy (non-hydrogen) atoms. The smallest absolute Gasteiger partial charge is 0.226 e. The van der Waals surface area contributed by atoms with Crippen molar-refractivity contribution >= 4 is 29.1 Å². The van der Waals surface area contributed by atoms with Gasteiger partial charge in [-0.3, -0.25) is 14.4 Å². The van der Waals surface area contributed by atoms with E-state index in [-0.39, 0.29) is 24.1 Å². The second kappa shape index (κ2) is 9.70. The van der Waals surface area contributed by atoms with Crippen molar-refractivity contribution in [1.82, 2.24) is 4.90 Å². The first kappa shape index (κ1) is 19.7. The standard InChI is InChI=1S/C18H27N3O3/c1-13(2)8-10-21(15(4)23)11-9-18(24)20-17-7-5-6-16(12-17)19-14(3)22/h5-7,12-13H,8-11H2,1-4H3,(H,19,22)(H,20,24). The van der Waals surface area contributed by atoms with Gasteiger partial charge in [-0.1, -0.05) is 19.9 Å². The van der Waals surface area contributed by atoms with E-state index in [9.17, 15) is 14.4 Å². The number of nitrogens with zero attached hydrogens (tertiary/aromatic N) is 1. The van der Waals surface area contributed by atoms with Gasteiger partial charge >= 0.3 is 0 Å². The van der Waals surface area contributed by atoms with Crippen LogP contribution in [-0.2, 0) is 14.4 Å². The van der Waals surface area contributed by atoms with E-state index < -0.39 is 0 Å². The molecule has 0 aromatic heterocycles. The molecule has 0 spiro atoms. The highest BCUT2D eigenvalue weighted by molar-refractivity contribution is 5.93. The minimum absolute atomic E-state index is 0.0175. The fourth-order valence-electron chi connectivity index (χ4n) is 2.18. The molecule has 3 amide bonds. The minimum atomic E-state index is -0.166. The van der Waals surface area contributed by atoms with Crippen molar-refractivity contribution < 1.29 is 14.4 Å². The molecule has 0 atom stereocenters. The van der Waals surface area contributed by atoms with Crippen LogP contribution in [0.1, 0.15) is 40.5 Å². The lowest BCUT2D eigenvalue weighted by Crippen LogP contribution is -2.33. The van der Waals surface area contributed by atoms with Gasteiger partial charge in [-0.05, 0) is 30.5 Å². The molecule has 6 heteroatoms. The van der Waals surface area contributed by atoms with Gasteiger partial charge in [-0.25, -0.2) is 0 Å². The van der Waals surface area contributed by atoms with E-state index in [1.165, 1.54) is 13.8 Å². The Morgan fingerprint density at radius 2 is 1.67 bits per heavy atom. The average molecular weight is 333 g/mol. The summed E-state index contributed by atoms with van der Waals surface area (Å²) in [6.07, 6.45) is 1.15. The molecule has 2 N–H and O–H groups in total. The topological polar surface area (TPSA) is 78.5 Å². The van der Waals surface area contributed by atoms with Gasteiger partial charge in [0.1, 0.15) is 0 Å². The van der Waals surface area contributed by atoms with E-state index in [0.717, 1.165) is 6.42 Å². The largest absolute Gasteiger partial charge is 0.342 e. The lowest BCUT2D eigenvalue weighted by Gasteiger charge is -2.21. The number of anilines is 2. The molecule has 0 radical (unpaired) electrons. The summed E-state index contributed by atoms with van der Waals surface area (Å²) in [6.45, 7) is 8.23. The Bertz CT molecular complexity index is 585. The first-order valence-corrected chi connectivity index (χ1v) is 8.21. The third-order valence-corrected chi connectivity index (χ3v) is 3.50. The lowest BCUT2D eigenvalue weighted by atomic mass is 10.1. The number of hydrogen-bond donors (Lipinski definition) is 2. The van der Waals surface area contributed by atoms with Crippen LogP contribution in [0.15, 0.2) is 24.3 Å². The molecule has 132 valence electrons. The molecule has 0 fully saturated rings. The molecule has 0 aliphatic rings. The fourth-order valence-corrected chi connectivity index (χ4v) is 2.18. The molecule has 1 rings (SSSR count). The van der Waals surface area contributed by atoms with E-state index in [1.54, 1.807) is 29.2 Å². The van der Waals surface area contributed by atoms with Gasteiger partial charge in [0.25, 0.3) is 0 Å². The highest BCUT2D eigenvalue weighted by Gasteiger charge is 2.12. The Labute approximate surface area is 143 Å². The van der Waals surface area contributed by atoms with Crippen LogP contribution in [0.4, 0.5) is 11.4 Å². The van der Waals surface area contributed by atoms with Crippen molar-refractivity contribution in [3.63, 3.8) is 0 Å². The Morgan fingerprint density at radius 3 is 2.21 bits per heavy atom. The molecule has 0 unspecified atom stereocenters. The Hall–Kier alpha value is -2.37. The zero-order valence-electron chi connectivity index (χ0n) is 14.9. The van der Waals surface area contributed by atoms with Crippen molar-refractivity contribution in [3.05, 3.63) is 24.3 Å². The summed E-state index contributed by atoms with van der Waals surface area (Å²) in [7, 11) is 0. The number of benzene rings is 1. The van der Waals surface area contributed by atoms with Crippen molar-refractivity contribution in [1.29, 1.82) is 0 Å². The molecule has 0 aliphatic carbocycles. The van der Waals surface area contributed by atoms with E-state index in [1.807, 2.05) is 0 Å². The first-order valence-electron chi connectivity index (χ1n) is 8.21. The lowest BCUT2D eigenvalue weighted by molar-refractivity contribution is -0.129. The predicted octanol–water partition coefficient (Wildman–Crippen LogP) is 2.87. The SMILES string of the molecule is CC(=O)Nc1cccc(NC(=O)CCN(CCC(C)C)C(C)=O)c1. The average Bonchev–Trinajstić information content (AvgIpc) is 2.46. The van der Waals surface area contributed by atoms with Gasteiger partial charge in [0.05, 0.1) is 0 Å². The van der Waals surface area contributed by atoms with E-state index in [0.29, 0.717) is 30.4 Å². The summed E-state index contributed by atoms with van der Waals surface area (Å²) in [4.78, 5) is 36.5. The number of amides is 3. The number of carbonyl (C=O) groups is 3. The van der Waals surface area contributed by atoms with Gasteiger partial charge in [0, 0.05) is 44.7 Å². The number of nitrogens with one attached hydrogen (secondary N) is 2. The third-order valence-electron chi connectivity index (χ3n) is 3.50. The van der Waals surface area contributed by atoms with Crippen LogP contribution in [-0.4, -0.2) is 35.7 Å². The maximum atomic E-state index is 12.1. The second-order valence-corrected chi connectivity index (χ2v) is 6.25. The normalized spacial score (nSPS) is 10.4. The maximum absolute atomic E-state index is 12.1. The molecule has 0 heterocycles. The van der Waals surface area contributed by atoms with Gasteiger partial charge in [0.15, 0.2) is 0 Å². The van der Waals surface area contributed by atoms with Gasteiger partial charge < -0.3 is 15.5 Å². The van der Waals surface area contributed by atoms with Crippen LogP contribution in [0, 0.1) is 5.92 Å². The van der Waals surface area contributed by atoms with Crippen molar-refractivity contribution in [3.8, 4) is 0 Å². The molecule has 0 aliphatic heterocycles. The highest BCUT2D eigenvalue weighted by atomic mass is 16.2. The Kier molecular flexibility index (Phi) is 7.95. The Morgan fingerprint density at radius 1 is 1.04 bits per heavy atom. The van der Waals surface area contributed by atoms with Crippen molar-refractivity contribution in [2.75, 3.05) is 23.7 Å². The number of hydrogen-bond acceptors (Lipinski definition) is 3. The van der Waals surface area contributed by atoms with E-state index in [4.69, 9.17) is 0 Å². The van der Waals surface area contributed by atoms with Gasteiger partial charge in [-0.15, -0.1) is 0 Å². The van der Waals surface area contributed by atoms with E-state index in [2.05, 4.69) is 24.5 Å². The van der Waals surface area contributed by atoms with Crippen LogP contribution in [0.2, 0.25) is 0 Å². The zero-order valence-corrected chi connectivity index (χ0v) is 14.9. The first-order chi connectivity index (χ1) is 11.3. The molecule has 1 aromatic carbocycles. The zero-order chi connectivity index (χ0) is 18.1. The summed E-state index contributed by atoms with van der Waals surface area (Å²) in [5, 5.41) is 5.45. The quantitative estimate of drug-likeness (QED) is 0.768. The van der Waals surface area contributed by atoms with Crippen LogP contribution in [0.3, 0.4) is 0 Å². The van der Waals surface area contributed by atoms with Gasteiger partial charge in [0.2, 0.25) is 17.7 Å². The molecule has 1 aromatic rings. The predicted molar refractivity (Wildman–Crippen MR) is 95.7 cm³/mol. The van der Waals surface area contributed by atoms with Crippen molar-refractivity contribution in [2.45, 2.75) is 40.5 Å². The number of carbonyl (C=O) groups excluding carboxylic acids is 3. The summed E-state index contributed by atoms with van der Waals surface area (Å²) in [5.74, 6) is 0.166. The molecule has 0 bridgehead atoms. The number of rotatable bonds is 8. The molecule has 0 saturated heterocycles. The molecular weight excluding hydrogens is 306 g/mol. The summed E-state index contributed by atoms with van der Waals surface area (Å²) in [6, 6.07) is 6.96. The molecule has 6 nitrogen and oxygen atoms in total. The van der Waals surface area contributed by atoms with Crippen LogP contribution in [0.5, 0.6) is 0 Å². The fraction of sp³-hybridized carbons (Fsp3) is 0.500. The van der Waals surface area contributed by atoms with Crippen LogP contribution < -0.4 is 10.6 Å². The second-order valence-electron chi connectivity index (χ2n) is 6.25. The minimum Gasteiger partial charge on any atom is -0.342 e. The maximum Gasteiger partial charge on any atom is 0.226 e. The van der Waals surface area contributed by atoms with E-state index >= 15 is 0 Å². The van der Waals surface area contributed by atoms with Crippen LogP contribution in [0.25, 0.3) is 0 Å². The molecular formula is C18H27N3O3. The highest BCUT2D eigenvalue weighted by Crippen LogP contribution is 2.15. The monoisotopic (exact) mass is 333 g/mol. The summed E-state index contributed by atoms with van der Waals surface area (Å²) < 4.78 is 0. The van der Waals surface area contributed by atoms with Crippen LogP contribution >= 0.6 is 0 Å². The summed E-state index contributed by atoms with van der Waals surface area (Å²) >= 11 is 0. The van der Waals surface area contributed by atoms with Gasteiger partial charge in [-0.2, -0.15) is 0 Å². The molecule has 0 saturated carbocycles.